The van der Waals surface area contributed by atoms with Gasteiger partial charge in [-0.15, -0.1) is 0 Å². The van der Waals surface area contributed by atoms with Crippen molar-refractivity contribution in [3.63, 3.8) is 0 Å². The van der Waals surface area contributed by atoms with Gasteiger partial charge in [0.15, 0.2) is 0 Å². The highest BCUT2D eigenvalue weighted by Gasteiger charge is 2.14. The molecule has 1 aromatic carbocycles. The molecule has 0 fully saturated rings. The van der Waals surface area contributed by atoms with Crippen LogP contribution in [0.25, 0.3) is 0 Å². The van der Waals surface area contributed by atoms with Gasteiger partial charge in [-0.05, 0) is 37.5 Å². The summed E-state index contributed by atoms with van der Waals surface area (Å²) in [7, 11) is 0. The highest BCUT2D eigenvalue weighted by molar-refractivity contribution is 6.09. The van der Waals surface area contributed by atoms with Crippen molar-refractivity contribution in [2.75, 3.05) is 0 Å². The number of aryl methyl sites for hydroxylation is 3. The molecule has 0 radical (unpaired) electrons. The fraction of sp³-hybridized carbons (Fsp3) is 0.200. The Morgan fingerprint density at radius 1 is 1.06 bits per heavy atom. The van der Waals surface area contributed by atoms with Crippen LogP contribution in [-0.4, -0.2) is 10.8 Å². The monoisotopic (exact) mass is 225 g/mol. The van der Waals surface area contributed by atoms with Gasteiger partial charge in [-0.3, -0.25) is 9.78 Å². The van der Waals surface area contributed by atoms with Crippen LogP contribution in [0.1, 0.15) is 32.7 Å². The van der Waals surface area contributed by atoms with Gasteiger partial charge in [0, 0.05) is 11.8 Å². The van der Waals surface area contributed by atoms with E-state index in [0.717, 1.165) is 22.3 Å². The van der Waals surface area contributed by atoms with E-state index in [0.29, 0.717) is 5.69 Å². The molecule has 0 N–H and O–H groups in total. The first-order valence-electron chi connectivity index (χ1n) is 5.63. The van der Waals surface area contributed by atoms with Crippen molar-refractivity contribution in [2.24, 2.45) is 0 Å². The number of ketones is 1. The molecule has 2 rings (SSSR count). The van der Waals surface area contributed by atoms with Gasteiger partial charge in [0.25, 0.3) is 0 Å². The first kappa shape index (κ1) is 11.5. The standard InChI is InChI=1S/C15H15NO/c1-10-8-12(3)14(16-9-10)15(17)13-7-5-4-6-11(13)2/h4-9H,1-3H3. The van der Waals surface area contributed by atoms with Crippen LogP contribution in [-0.2, 0) is 0 Å². The average molecular weight is 225 g/mol. The Bertz CT molecular complexity index is 573. The minimum absolute atomic E-state index is 0.000556. The topological polar surface area (TPSA) is 30.0 Å². The van der Waals surface area contributed by atoms with Crippen LogP contribution in [0, 0.1) is 20.8 Å². The van der Waals surface area contributed by atoms with Gasteiger partial charge in [-0.1, -0.05) is 30.3 Å². The Kier molecular flexibility index (Phi) is 3.05. The van der Waals surface area contributed by atoms with E-state index in [-0.39, 0.29) is 5.78 Å². The molecule has 0 amide bonds. The van der Waals surface area contributed by atoms with Gasteiger partial charge in [0.05, 0.1) is 0 Å². The molecule has 17 heavy (non-hydrogen) atoms. The third-order valence-corrected chi connectivity index (χ3v) is 2.82. The Labute approximate surface area is 101 Å². The summed E-state index contributed by atoms with van der Waals surface area (Å²) >= 11 is 0. The summed E-state index contributed by atoms with van der Waals surface area (Å²) < 4.78 is 0. The second-order valence-corrected chi connectivity index (χ2v) is 4.32. The summed E-state index contributed by atoms with van der Waals surface area (Å²) in [6.45, 7) is 5.84. The molecule has 0 saturated heterocycles. The molecule has 0 aliphatic heterocycles. The molecule has 0 bridgehead atoms. The maximum atomic E-state index is 12.3. The molecule has 1 heterocycles. The van der Waals surface area contributed by atoms with Crippen molar-refractivity contribution in [3.8, 4) is 0 Å². The fourth-order valence-corrected chi connectivity index (χ4v) is 1.91. The first-order valence-corrected chi connectivity index (χ1v) is 5.63. The first-order chi connectivity index (χ1) is 8.09. The minimum atomic E-state index is 0.000556. The number of carbonyl (C=O) groups excluding carboxylic acids is 1. The number of nitrogens with zero attached hydrogens (tertiary/aromatic N) is 1. The van der Waals surface area contributed by atoms with Crippen molar-refractivity contribution in [1.82, 2.24) is 4.98 Å². The molecule has 2 heteroatoms. The summed E-state index contributed by atoms with van der Waals surface area (Å²) in [5.41, 5.74) is 4.26. The molecule has 2 aromatic rings. The smallest absolute Gasteiger partial charge is 0.211 e. The van der Waals surface area contributed by atoms with E-state index < -0.39 is 0 Å². The van der Waals surface area contributed by atoms with Crippen LogP contribution >= 0.6 is 0 Å². The van der Waals surface area contributed by atoms with Gasteiger partial charge in [-0.2, -0.15) is 0 Å². The molecular formula is C15H15NO. The largest absolute Gasteiger partial charge is 0.287 e. The molecule has 0 unspecified atom stereocenters. The van der Waals surface area contributed by atoms with Crippen molar-refractivity contribution in [3.05, 3.63) is 64.5 Å². The van der Waals surface area contributed by atoms with Crippen LogP contribution in [0.3, 0.4) is 0 Å². The number of hydrogen-bond acceptors (Lipinski definition) is 2. The Morgan fingerprint density at radius 3 is 2.41 bits per heavy atom. The van der Waals surface area contributed by atoms with E-state index in [4.69, 9.17) is 0 Å². The van der Waals surface area contributed by atoms with Crippen LogP contribution in [0.2, 0.25) is 0 Å². The number of hydrogen-bond donors (Lipinski definition) is 0. The van der Waals surface area contributed by atoms with E-state index in [1.165, 1.54) is 0 Å². The molecule has 2 nitrogen and oxygen atoms in total. The van der Waals surface area contributed by atoms with Crippen LogP contribution in [0.15, 0.2) is 36.5 Å². The van der Waals surface area contributed by atoms with Crippen molar-refractivity contribution in [1.29, 1.82) is 0 Å². The third kappa shape index (κ3) is 2.26. The normalized spacial score (nSPS) is 10.3. The van der Waals surface area contributed by atoms with Crippen LogP contribution in [0.4, 0.5) is 0 Å². The molecule has 0 aliphatic carbocycles. The molecule has 0 atom stereocenters. The quantitative estimate of drug-likeness (QED) is 0.734. The van der Waals surface area contributed by atoms with Gasteiger partial charge in [0.1, 0.15) is 5.69 Å². The highest BCUT2D eigenvalue weighted by Crippen LogP contribution is 2.15. The number of aromatic nitrogens is 1. The lowest BCUT2D eigenvalue weighted by Gasteiger charge is -2.07. The SMILES string of the molecule is Cc1cnc(C(=O)c2ccccc2C)c(C)c1. The predicted octanol–water partition coefficient (Wildman–Crippen LogP) is 3.24. The zero-order valence-electron chi connectivity index (χ0n) is 10.3. The van der Waals surface area contributed by atoms with E-state index >= 15 is 0 Å². The molecule has 1 aromatic heterocycles. The predicted molar refractivity (Wildman–Crippen MR) is 68.3 cm³/mol. The summed E-state index contributed by atoms with van der Waals surface area (Å²) in [6.07, 6.45) is 1.73. The Balaban J connectivity index is 2.48. The second kappa shape index (κ2) is 4.50. The second-order valence-electron chi connectivity index (χ2n) is 4.32. The number of pyridine rings is 1. The Morgan fingerprint density at radius 2 is 1.76 bits per heavy atom. The molecule has 86 valence electrons. The highest BCUT2D eigenvalue weighted by atomic mass is 16.1. The molecule has 0 saturated carbocycles. The minimum Gasteiger partial charge on any atom is -0.287 e. The van der Waals surface area contributed by atoms with E-state index in [9.17, 15) is 4.79 Å². The Hall–Kier alpha value is -1.96. The number of benzene rings is 1. The average Bonchev–Trinajstić information content (AvgIpc) is 2.29. The lowest BCUT2D eigenvalue weighted by molar-refractivity contribution is 0.103. The van der Waals surface area contributed by atoms with Gasteiger partial charge in [0.2, 0.25) is 5.78 Å². The maximum absolute atomic E-state index is 12.3. The molecule has 0 aliphatic rings. The van der Waals surface area contributed by atoms with Gasteiger partial charge >= 0.3 is 0 Å². The zero-order valence-corrected chi connectivity index (χ0v) is 10.3. The lowest BCUT2D eigenvalue weighted by atomic mass is 10.00. The van der Waals surface area contributed by atoms with Crippen LogP contribution in [0.5, 0.6) is 0 Å². The van der Waals surface area contributed by atoms with E-state index in [1.807, 2.05) is 51.1 Å². The van der Waals surface area contributed by atoms with Gasteiger partial charge in [-0.25, -0.2) is 0 Å². The molecular weight excluding hydrogens is 210 g/mol. The lowest BCUT2D eigenvalue weighted by Crippen LogP contribution is -2.08. The molecule has 0 spiro atoms. The number of carbonyl (C=O) groups is 1. The summed E-state index contributed by atoms with van der Waals surface area (Å²) in [5, 5.41) is 0. The van der Waals surface area contributed by atoms with Crippen molar-refractivity contribution >= 4 is 5.78 Å². The zero-order chi connectivity index (χ0) is 12.4. The van der Waals surface area contributed by atoms with Crippen molar-refractivity contribution in [2.45, 2.75) is 20.8 Å². The summed E-state index contributed by atoms with van der Waals surface area (Å²) in [4.78, 5) is 16.6. The summed E-state index contributed by atoms with van der Waals surface area (Å²) in [5.74, 6) is 0.000556. The maximum Gasteiger partial charge on any atom is 0.211 e. The van der Waals surface area contributed by atoms with E-state index in [1.54, 1.807) is 6.20 Å². The van der Waals surface area contributed by atoms with E-state index in [2.05, 4.69) is 4.98 Å². The summed E-state index contributed by atoms with van der Waals surface area (Å²) in [6, 6.07) is 9.58. The van der Waals surface area contributed by atoms with Crippen LogP contribution < -0.4 is 0 Å². The fourth-order valence-electron chi connectivity index (χ4n) is 1.91. The van der Waals surface area contributed by atoms with Gasteiger partial charge < -0.3 is 0 Å². The number of rotatable bonds is 2. The van der Waals surface area contributed by atoms with Crippen molar-refractivity contribution < 1.29 is 4.79 Å². The third-order valence-electron chi connectivity index (χ3n) is 2.82.